The highest BCUT2D eigenvalue weighted by Gasteiger charge is 2.31. The Morgan fingerprint density at radius 1 is 1.13 bits per heavy atom. The molecule has 6 rings (SSSR count). The van der Waals surface area contributed by atoms with Gasteiger partial charge in [-0.05, 0) is 56.2 Å². The minimum absolute atomic E-state index is 0.0922. The van der Waals surface area contributed by atoms with Crippen LogP contribution in [-0.4, -0.2) is 98.8 Å². The van der Waals surface area contributed by atoms with Crippen molar-refractivity contribution >= 4 is 39.0 Å². The number of amides is 2. The van der Waals surface area contributed by atoms with E-state index in [1.54, 1.807) is 42.2 Å². The third kappa shape index (κ3) is 6.55. The predicted octanol–water partition coefficient (Wildman–Crippen LogP) is 3.02. The van der Waals surface area contributed by atoms with Crippen molar-refractivity contribution in [2.75, 3.05) is 57.9 Å². The number of rotatable bonds is 9. The molecule has 4 heterocycles. The first-order valence-corrected chi connectivity index (χ1v) is 16.8. The summed E-state index contributed by atoms with van der Waals surface area (Å²) in [4.78, 5) is 33.5. The van der Waals surface area contributed by atoms with Gasteiger partial charge < -0.3 is 29.8 Å². The number of benzene rings is 2. The van der Waals surface area contributed by atoms with Gasteiger partial charge in [-0.3, -0.25) is 14.5 Å². The van der Waals surface area contributed by atoms with Crippen LogP contribution in [0.2, 0.25) is 0 Å². The number of aryl methyl sites for hydroxylation is 1. The van der Waals surface area contributed by atoms with Crippen molar-refractivity contribution in [1.29, 1.82) is 0 Å². The van der Waals surface area contributed by atoms with E-state index in [9.17, 15) is 23.1 Å². The summed E-state index contributed by atoms with van der Waals surface area (Å²) in [7, 11) is -3.80. The van der Waals surface area contributed by atoms with Crippen molar-refractivity contribution < 1.29 is 32.6 Å². The Balaban J connectivity index is 1.23. The highest BCUT2D eigenvalue weighted by Crippen LogP contribution is 2.37. The van der Waals surface area contributed by atoms with Crippen molar-refractivity contribution in [1.82, 2.24) is 14.8 Å². The quantitative estimate of drug-likeness (QED) is 0.305. The normalized spacial score (nSPS) is 19.6. The first-order valence-electron chi connectivity index (χ1n) is 15.2. The van der Waals surface area contributed by atoms with Gasteiger partial charge in [-0.2, -0.15) is 0 Å². The number of likely N-dealkylation sites (tertiary alicyclic amines) is 1. The Kier molecular flexibility index (Phi) is 8.82. The number of fused-ring (bicyclic) bond motifs is 1. The van der Waals surface area contributed by atoms with Crippen molar-refractivity contribution in [3.63, 3.8) is 0 Å². The maximum Gasteiger partial charge on any atom is 0.256 e. The number of anilines is 1. The van der Waals surface area contributed by atoms with Crippen LogP contribution in [0, 0.1) is 13.8 Å². The number of sulfone groups is 1. The van der Waals surface area contributed by atoms with Gasteiger partial charge in [-0.15, -0.1) is 0 Å². The van der Waals surface area contributed by atoms with Crippen LogP contribution in [0.15, 0.2) is 47.4 Å². The van der Waals surface area contributed by atoms with E-state index < -0.39 is 15.9 Å². The van der Waals surface area contributed by atoms with Gasteiger partial charge in [-0.25, -0.2) is 8.42 Å². The van der Waals surface area contributed by atoms with E-state index >= 15 is 0 Å². The molecule has 2 saturated heterocycles. The second-order valence-corrected chi connectivity index (χ2v) is 13.7. The summed E-state index contributed by atoms with van der Waals surface area (Å²) < 4.78 is 38.8. The molecule has 0 saturated carbocycles. The molecule has 11 nitrogen and oxygen atoms in total. The highest BCUT2D eigenvalue weighted by atomic mass is 32.2. The smallest absolute Gasteiger partial charge is 0.256 e. The van der Waals surface area contributed by atoms with Gasteiger partial charge >= 0.3 is 0 Å². The molecule has 0 bridgehead atoms. The maximum absolute atomic E-state index is 13.7. The molecule has 0 radical (unpaired) electrons. The number of ether oxygens (including phenoxy) is 2. The van der Waals surface area contributed by atoms with Gasteiger partial charge in [0.2, 0.25) is 0 Å². The van der Waals surface area contributed by atoms with Gasteiger partial charge in [-0.1, -0.05) is 18.2 Å². The highest BCUT2D eigenvalue weighted by molar-refractivity contribution is 7.90. The van der Waals surface area contributed by atoms with Crippen molar-refractivity contribution in [3.8, 4) is 5.75 Å². The summed E-state index contributed by atoms with van der Waals surface area (Å²) in [6.45, 7) is 8.62. The maximum atomic E-state index is 13.7. The molecule has 3 aliphatic rings. The van der Waals surface area contributed by atoms with E-state index in [2.05, 4.69) is 15.2 Å². The van der Waals surface area contributed by atoms with E-state index in [-0.39, 0.29) is 29.0 Å². The molecule has 12 heteroatoms. The number of morpholine rings is 1. The molecule has 0 spiro atoms. The molecule has 3 aliphatic heterocycles. The molecule has 0 aliphatic carbocycles. The van der Waals surface area contributed by atoms with Crippen LogP contribution < -0.4 is 10.1 Å². The number of carbonyl (C=O) groups excluding carboxylic acids is 2. The summed E-state index contributed by atoms with van der Waals surface area (Å²) in [5.74, 6) is -0.261. The summed E-state index contributed by atoms with van der Waals surface area (Å²) in [5.41, 5.74) is 4.28. The zero-order chi connectivity index (χ0) is 31.7. The number of hydrogen-bond acceptors (Lipinski definition) is 8. The largest absolute Gasteiger partial charge is 0.492 e. The number of nitrogens with zero attached hydrogens (tertiary/aromatic N) is 2. The van der Waals surface area contributed by atoms with Crippen LogP contribution in [0.1, 0.15) is 44.9 Å². The topological polar surface area (TPSA) is 141 Å². The average Bonchev–Trinajstić information content (AvgIpc) is 3.68. The number of H-pyrrole nitrogens is 1. The molecule has 45 heavy (non-hydrogen) atoms. The third-order valence-corrected chi connectivity index (χ3v) is 10.3. The molecule has 1 aromatic heterocycles. The van der Waals surface area contributed by atoms with Gasteiger partial charge in [0.05, 0.1) is 41.1 Å². The second kappa shape index (κ2) is 12.8. The molecule has 238 valence electrons. The summed E-state index contributed by atoms with van der Waals surface area (Å²) in [5, 5.41) is 12.7. The molecule has 2 fully saturated rings. The first-order chi connectivity index (χ1) is 21.6. The number of β-amino-alcohol motifs (C(OH)–C–C–N with tert-alkyl or cyclic N) is 1. The number of aromatic nitrogens is 1. The van der Waals surface area contributed by atoms with Gasteiger partial charge in [0.15, 0.2) is 9.84 Å². The lowest BCUT2D eigenvalue weighted by molar-refractivity contribution is -0.110. The zero-order valence-electron chi connectivity index (χ0n) is 25.5. The number of para-hydroxylation sites is 1. The standard InChI is InChI=1S/C33H38N4O7S/c1-21-29(34-22(2)31(21)33(40)37-10-9-24(38)19-37)18-27-26-17-25(7-8-28(26)35-32(27)39)45(41,42)20-23-5-3-4-6-30(23)44-16-13-36-11-14-43-15-12-36/h3-8,17-18,24,34,38H,9-16,19-20H2,1-2H3,(H,35,39)/t24-/m1/s1. The lowest BCUT2D eigenvalue weighted by Gasteiger charge is -2.26. The zero-order valence-corrected chi connectivity index (χ0v) is 26.3. The third-order valence-electron chi connectivity index (χ3n) is 8.65. The van der Waals surface area contributed by atoms with Crippen LogP contribution >= 0.6 is 0 Å². The second-order valence-electron chi connectivity index (χ2n) is 11.7. The van der Waals surface area contributed by atoms with E-state index in [0.717, 1.165) is 19.6 Å². The van der Waals surface area contributed by atoms with Gasteiger partial charge in [0.25, 0.3) is 11.8 Å². The Hall–Kier alpha value is -3.97. The fraction of sp³-hybridized carbons (Fsp3) is 0.394. The van der Waals surface area contributed by atoms with Gasteiger partial charge in [0.1, 0.15) is 12.4 Å². The van der Waals surface area contributed by atoms with Crippen LogP contribution in [0.5, 0.6) is 5.75 Å². The Morgan fingerprint density at radius 3 is 2.67 bits per heavy atom. The Labute approximate surface area is 262 Å². The molecule has 3 aromatic rings. The number of nitrogens with one attached hydrogen (secondary N) is 2. The molecule has 2 amide bonds. The average molecular weight is 635 g/mol. The first kappa shape index (κ1) is 31.0. The molecule has 2 aromatic carbocycles. The number of aromatic amines is 1. The van der Waals surface area contributed by atoms with Crippen molar-refractivity contribution in [2.45, 2.75) is 37.0 Å². The fourth-order valence-corrected chi connectivity index (χ4v) is 7.52. The Morgan fingerprint density at radius 2 is 1.91 bits per heavy atom. The number of aliphatic hydroxyl groups is 1. The number of aliphatic hydroxyl groups excluding tert-OH is 1. The molecular weight excluding hydrogens is 596 g/mol. The Bertz CT molecular complexity index is 1760. The van der Waals surface area contributed by atoms with E-state index in [0.29, 0.717) is 83.4 Å². The molecule has 1 atom stereocenters. The fourth-order valence-electron chi connectivity index (χ4n) is 6.13. The lowest BCUT2D eigenvalue weighted by Crippen LogP contribution is -2.38. The van der Waals surface area contributed by atoms with Crippen LogP contribution in [0.25, 0.3) is 11.6 Å². The van der Waals surface area contributed by atoms with Crippen molar-refractivity contribution in [2.24, 2.45) is 0 Å². The van der Waals surface area contributed by atoms with Crippen LogP contribution in [-0.2, 0) is 25.1 Å². The van der Waals surface area contributed by atoms with Crippen molar-refractivity contribution in [3.05, 3.63) is 76.1 Å². The van der Waals surface area contributed by atoms with Crippen LogP contribution in [0.4, 0.5) is 5.69 Å². The van der Waals surface area contributed by atoms with E-state index in [4.69, 9.17) is 9.47 Å². The number of hydrogen-bond donors (Lipinski definition) is 3. The van der Waals surface area contributed by atoms with E-state index in [1.807, 2.05) is 13.0 Å². The SMILES string of the molecule is Cc1[nH]c(C=C2C(=O)Nc3ccc(S(=O)(=O)Cc4ccccc4OCCN4CCOCC4)cc32)c(C)c1C(=O)N1CC[C@@H](O)C1. The monoisotopic (exact) mass is 634 g/mol. The lowest BCUT2D eigenvalue weighted by atomic mass is 10.0. The summed E-state index contributed by atoms with van der Waals surface area (Å²) >= 11 is 0. The molecule has 0 unspecified atom stereocenters. The molecule has 3 N–H and O–H groups in total. The number of carbonyl (C=O) groups is 2. The van der Waals surface area contributed by atoms with E-state index in [1.165, 1.54) is 12.1 Å². The van der Waals surface area contributed by atoms with Crippen LogP contribution in [0.3, 0.4) is 0 Å². The summed E-state index contributed by atoms with van der Waals surface area (Å²) in [6, 6.07) is 11.8. The van der Waals surface area contributed by atoms with Gasteiger partial charge in [0, 0.05) is 60.9 Å². The minimum Gasteiger partial charge on any atom is -0.492 e. The molecular formula is C33H38N4O7S. The summed E-state index contributed by atoms with van der Waals surface area (Å²) in [6.07, 6.45) is 1.68. The minimum atomic E-state index is -3.80. The predicted molar refractivity (Wildman–Crippen MR) is 170 cm³/mol.